The van der Waals surface area contributed by atoms with Gasteiger partial charge in [-0.3, -0.25) is 4.79 Å². The molecule has 1 amide bonds. The molecule has 0 fully saturated rings. The van der Waals surface area contributed by atoms with Gasteiger partial charge in [0.1, 0.15) is 5.75 Å². The summed E-state index contributed by atoms with van der Waals surface area (Å²) in [4.78, 5) is 24.0. The van der Waals surface area contributed by atoms with E-state index in [9.17, 15) is 20.0 Å². The minimum absolute atomic E-state index is 0.128. The van der Waals surface area contributed by atoms with Gasteiger partial charge in [-0.25, -0.2) is 4.57 Å². The van der Waals surface area contributed by atoms with Gasteiger partial charge in [-0.2, -0.15) is 0 Å². The van der Waals surface area contributed by atoms with Crippen LogP contribution in [-0.4, -0.2) is 32.5 Å². The van der Waals surface area contributed by atoms with Crippen molar-refractivity contribution in [2.24, 2.45) is 7.05 Å². The van der Waals surface area contributed by atoms with Crippen LogP contribution in [0.2, 0.25) is 0 Å². The maximum Gasteiger partial charge on any atom is 0.323 e. The van der Waals surface area contributed by atoms with Crippen LogP contribution in [0.25, 0.3) is 0 Å². The topological polar surface area (TPSA) is 88.6 Å². The zero-order valence-corrected chi connectivity index (χ0v) is 11.7. The lowest BCUT2D eigenvalue weighted by Gasteiger charge is -2.16. The number of aromatic nitrogens is 1. The van der Waals surface area contributed by atoms with Crippen LogP contribution in [0.15, 0.2) is 36.4 Å². The maximum absolute atomic E-state index is 12.3. The minimum Gasteiger partial charge on any atom is -0.508 e. The minimum atomic E-state index is -0.531. The van der Waals surface area contributed by atoms with Gasteiger partial charge in [0.25, 0.3) is 5.91 Å². The molecule has 0 unspecified atom stereocenters. The normalized spacial score (nSPS) is 10.4. The van der Waals surface area contributed by atoms with E-state index in [1.54, 1.807) is 31.3 Å². The predicted octanol–water partition coefficient (Wildman–Crippen LogP) is 1.91. The number of hydrogen-bond acceptors (Lipinski definition) is 4. The summed E-state index contributed by atoms with van der Waals surface area (Å²) in [5, 5.41) is 20.0. The molecule has 2 rings (SSSR count). The second-order valence-electron chi connectivity index (χ2n) is 4.72. The third-order valence-corrected chi connectivity index (χ3v) is 3.20. The number of amides is 1. The summed E-state index contributed by atoms with van der Waals surface area (Å²) in [6.07, 6.45) is 0. The molecule has 0 atom stereocenters. The Hall–Kier alpha value is -2.83. The van der Waals surface area contributed by atoms with Crippen molar-refractivity contribution in [2.75, 3.05) is 7.05 Å². The lowest BCUT2D eigenvalue weighted by Crippen LogP contribution is -2.28. The highest BCUT2D eigenvalue weighted by molar-refractivity contribution is 5.93. The first-order chi connectivity index (χ1) is 9.90. The average Bonchev–Trinajstić information content (AvgIpc) is 2.82. The van der Waals surface area contributed by atoms with Gasteiger partial charge < -0.3 is 20.1 Å². The average molecular weight is 289 g/mol. The SMILES string of the molecule is CN(Cc1ccc(O)cc1)C(=O)c1ccc([N+](=O)[O-])n1C. The van der Waals surface area contributed by atoms with Crippen LogP contribution in [0, 0.1) is 10.1 Å². The lowest BCUT2D eigenvalue weighted by molar-refractivity contribution is -0.391. The Balaban J connectivity index is 2.16. The molecular formula is C14H15N3O4. The van der Waals surface area contributed by atoms with Crippen molar-refractivity contribution in [3.05, 3.63) is 57.8 Å². The molecule has 0 radical (unpaired) electrons. The molecule has 0 spiro atoms. The first kappa shape index (κ1) is 14.6. The number of hydrogen-bond donors (Lipinski definition) is 1. The molecule has 0 saturated heterocycles. The number of benzene rings is 1. The first-order valence-electron chi connectivity index (χ1n) is 6.23. The number of carbonyl (C=O) groups is 1. The second-order valence-corrected chi connectivity index (χ2v) is 4.72. The van der Waals surface area contributed by atoms with E-state index < -0.39 is 4.92 Å². The molecule has 7 heteroatoms. The Morgan fingerprint density at radius 1 is 1.29 bits per heavy atom. The molecule has 0 aliphatic carbocycles. The molecule has 0 bridgehead atoms. The molecule has 0 saturated carbocycles. The lowest BCUT2D eigenvalue weighted by atomic mass is 10.2. The van der Waals surface area contributed by atoms with Crippen molar-refractivity contribution < 1.29 is 14.8 Å². The molecule has 1 aromatic heterocycles. The summed E-state index contributed by atoms with van der Waals surface area (Å²) < 4.78 is 1.26. The van der Waals surface area contributed by atoms with Crippen molar-refractivity contribution in [3.8, 4) is 5.75 Å². The van der Waals surface area contributed by atoms with Crippen molar-refractivity contribution in [1.82, 2.24) is 9.47 Å². The molecule has 1 heterocycles. The van der Waals surface area contributed by atoms with E-state index in [-0.39, 0.29) is 23.2 Å². The number of rotatable bonds is 4. The van der Waals surface area contributed by atoms with Crippen LogP contribution in [0.5, 0.6) is 5.75 Å². The van der Waals surface area contributed by atoms with Crippen molar-refractivity contribution in [3.63, 3.8) is 0 Å². The number of nitro groups is 1. The summed E-state index contributed by atoms with van der Waals surface area (Å²) in [6.45, 7) is 0.345. The van der Waals surface area contributed by atoms with Crippen LogP contribution in [0.4, 0.5) is 5.82 Å². The van der Waals surface area contributed by atoms with E-state index in [4.69, 9.17) is 0 Å². The van der Waals surface area contributed by atoms with Crippen LogP contribution in [-0.2, 0) is 13.6 Å². The fourth-order valence-corrected chi connectivity index (χ4v) is 2.04. The van der Waals surface area contributed by atoms with Gasteiger partial charge in [-0.1, -0.05) is 12.1 Å². The molecule has 21 heavy (non-hydrogen) atoms. The van der Waals surface area contributed by atoms with Gasteiger partial charge in [-0.05, 0) is 28.7 Å². The van der Waals surface area contributed by atoms with E-state index in [1.165, 1.54) is 28.6 Å². The van der Waals surface area contributed by atoms with Crippen LogP contribution in [0.3, 0.4) is 0 Å². The third kappa shape index (κ3) is 3.02. The van der Waals surface area contributed by atoms with Crippen LogP contribution in [0.1, 0.15) is 16.1 Å². The Morgan fingerprint density at radius 2 is 1.90 bits per heavy atom. The Morgan fingerprint density at radius 3 is 2.43 bits per heavy atom. The monoisotopic (exact) mass is 289 g/mol. The highest BCUT2D eigenvalue weighted by atomic mass is 16.6. The van der Waals surface area contributed by atoms with Crippen LogP contribution < -0.4 is 0 Å². The number of phenolic OH excluding ortho intramolecular Hbond substituents is 1. The number of carbonyl (C=O) groups excluding carboxylic acids is 1. The predicted molar refractivity (Wildman–Crippen MR) is 76.0 cm³/mol. The highest BCUT2D eigenvalue weighted by Crippen LogP contribution is 2.17. The molecule has 0 aliphatic rings. The van der Waals surface area contributed by atoms with E-state index in [0.29, 0.717) is 6.54 Å². The van der Waals surface area contributed by atoms with Gasteiger partial charge in [0.15, 0.2) is 5.69 Å². The Bertz CT molecular complexity index is 676. The van der Waals surface area contributed by atoms with Crippen molar-refractivity contribution >= 4 is 11.7 Å². The molecule has 1 N–H and O–H groups in total. The molecule has 1 aromatic carbocycles. The fraction of sp³-hybridized carbons (Fsp3) is 0.214. The molecule has 110 valence electrons. The van der Waals surface area contributed by atoms with Gasteiger partial charge in [0, 0.05) is 19.7 Å². The highest BCUT2D eigenvalue weighted by Gasteiger charge is 2.23. The summed E-state index contributed by atoms with van der Waals surface area (Å²) in [5.41, 5.74) is 1.11. The van der Waals surface area contributed by atoms with Crippen molar-refractivity contribution in [1.29, 1.82) is 0 Å². The van der Waals surface area contributed by atoms with Gasteiger partial charge in [0.2, 0.25) is 0 Å². The largest absolute Gasteiger partial charge is 0.508 e. The van der Waals surface area contributed by atoms with E-state index in [2.05, 4.69) is 0 Å². The van der Waals surface area contributed by atoms with Crippen molar-refractivity contribution in [2.45, 2.75) is 6.54 Å². The zero-order valence-electron chi connectivity index (χ0n) is 11.7. The van der Waals surface area contributed by atoms with Gasteiger partial charge in [0.05, 0.1) is 7.05 Å². The van der Waals surface area contributed by atoms with Crippen LogP contribution >= 0.6 is 0 Å². The quantitative estimate of drug-likeness (QED) is 0.687. The second kappa shape index (κ2) is 5.66. The number of aromatic hydroxyl groups is 1. The first-order valence-corrected chi connectivity index (χ1v) is 6.23. The third-order valence-electron chi connectivity index (χ3n) is 3.20. The fourth-order valence-electron chi connectivity index (χ4n) is 2.04. The molecular weight excluding hydrogens is 274 g/mol. The smallest absolute Gasteiger partial charge is 0.323 e. The maximum atomic E-state index is 12.3. The van der Waals surface area contributed by atoms with Gasteiger partial charge >= 0.3 is 5.82 Å². The van der Waals surface area contributed by atoms with E-state index in [0.717, 1.165) is 5.56 Å². The summed E-state index contributed by atoms with van der Waals surface area (Å²) >= 11 is 0. The van der Waals surface area contributed by atoms with E-state index in [1.807, 2.05) is 0 Å². The molecule has 2 aromatic rings. The Labute approximate surface area is 121 Å². The number of phenols is 1. The Kier molecular flexibility index (Phi) is 3.93. The summed E-state index contributed by atoms with van der Waals surface area (Å²) in [5.74, 6) is -0.277. The zero-order chi connectivity index (χ0) is 15.6. The summed E-state index contributed by atoms with van der Waals surface area (Å²) in [7, 11) is 3.10. The summed E-state index contributed by atoms with van der Waals surface area (Å²) in [6, 6.07) is 9.26. The molecule has 0 aliphatic heterocycles. The van der Waals surface area contributed by atoms with E-state index >= 15 is 0 Å². The molecule has 7 nitrogen and oxygen atoms in total. The number of nitrogens with zero attached hydrogens (tertiary/aromatic N) is 3. The van der Waals surface area contributed by atoms with Gasteiger partial charge in [-0.15, -0.1) is 0 Å². The standard InChI is InChI=1S/C14H15N3O4/c1-15(9-10-3-5-11(18)6-4-10)14(19)12-7-8-13(16(12)2)17(20)21/h3-8,18H,9H2,1-2H3.